The van der Waals surface area contributed by atoms with Crippen molar-refractivity contribution in [2.45, 2.75) is 31.3 Å². The first kappa shape index (κ1) is 19.0. The largest absolute Gasteiger partial charge is 0.457 e. The molecule has 6 heteroatoms. The van der Waals surface area contributed by atoms with Gasteiger partial charge < -0.3 is 10.1 Å². The molecule has 1 amide bonds. The Morgan fingerprint density at radius 1 is 1.08 bits per heavy atom. The molecule has 0 aliphatic heterocycles. The van der Waals surface area contributed by atoms with Crippen LogP contribution >= 0.6 is 0 Å². The summed E-state index contributed by atoms with van der Waals surface area (Å²) in [6.45, 7) is 3.80. The Kier molecular flexibility index (Phi) is 6.58. The van der Waals surface area contributed by atoms with E-state index in [1.165, 1.54) is 6.92 Å². The van der Waals surface area contributed by atoms with Gasteiger partial charge in [-0.3, -0.25) is 4.79 Å². The van der Waals surface area contributed by atoms with Gasteiger partial charge in [0.2, 0.25) is 5.91 Å². The third-order valence-corrected chi connectivity index (χ3v) is 5.76. The Morgan fingerprint density at radius 3 is 2.40 bits per heavy atom. The zero-order valence-corrected chi connectivity index (χ0v) is 15.3. The van der Waals surface area contributed by atoms with Gasteiger partial charge in [-0.25, -0.2) is 8.42 Å². The van der Waals surface area contributed by atoms with Gasteiger partial charge in [0, 0.05) is 12.1 Å². The molecule has 1 N–H and O–H groups in total. The molecule has 2 aromatic carbocycles. The zero-order valence-electron chi connectivity index (χ0n) is 14.4. The number of para-hydroxylation sites is 2. The number of ether oxygens (including phenoxy) is 1. The third kappa shape index (κ3) is 5.32. The second-order valence-corrected chi connectivity index (χ2v) is 8.08. The Labute approximate surface area is 148 Å². The van der Waals surface area contributed by atoms with E-state index in [1.54, 1.807) is 36.4 Å². The van der Waals surface area contributed by atoms with Crippen molar-refractivity contribution in [3.63, 3.8) is 0 Å². The van der Waals surface area contributed by atoms with Crippen LogP contribution in [0.5, 0.6) is 11.5 Å². The van der Waals surface area contributed by atoms with Crippen molar-refractivity contribution in [1.29, 1.82) is 0 Å². The van der Waals surface area contributed by atoms with Crippen LogP contribution in [0.25, 0.3) is 0 Å². The lowest BCUT2D eigenvalue weighted by atomic mass is 10.2. The van der Waals surface area contributed by atoms with Gasteiger partial charge in [0.15, 0.2) is 9.84 Å². The molecule has 0 spiro atoms. The van der Waals surface area contributed by atoms with Crippen LogP contribution < -0.4 is 10.1 Å². The van der Waals surface area contributed by atoms with E-state index in [2.05, 4.69) is 5.32 Å². The molecule has 0 fully saturated rings. The Hall–Kier alpha value is -2.34. The molecule has 0 heterocycles. The molecule has 0 saturated carbocycles. The van der Waals surface area contributed by atoms with Gasteiger partial charge in [0.1, 0.15) is 16.7 Å². The molecule has 0 aliphatic rings. The van der Waals surface area contributed by atoms with Gasteiger partial charge in [-0.2, -0.15) is 0 Å². The van der Waals surface area contributed by atoms with Crippen LogP contribution in [0.15, 0.2) is 54.6 Å². The van der Waals surface area contributed by atoms with Crippen LogP contribution in [0.1, 0.15) is 25.8 Å². The molecular weight excluding hydrogens is 338 g/mol. The van der Waals surface area contributed by atoms with Crippen molar-refractivity contribution in [3.05, 3.63) is 60.2 Å². The molecule has 2 rings (SSSR count). The van der Waals surface area contributed by atoms with Crippen LogP contribution in [0.2, 0.25) is 0 Å². The van der Waals surface area contributed by atoms with Crippen LogP contribution in [-0.4, -0.2) is 26.1 Å². The summed E-state index contributed by atoms with van der Waals surface area (Å²) in [7, 11) is -3.65. The molecular formula is C19H23NO4S. The number of sulfone groups is 1. The first-order valence-electron chi connectivity index (χ1n) is 8.24. The van der Waals surface area contributed by atoms with Crippen molar-refractivity contribution in [1.82, 2.24) is 5.32 Å². The smallest absolute Gasteiger partial charge is 0.238 e. The molecule has 5 nitrogen and oxygen atoms in total. The number of amides is 1. The Balaban J connectivity index is 2.18. The molecule has 0 aromatic heterocycles. The number of hydrogen-bond acceptors (Lipinski definition) is 4. The number of nitrogens with one attached hydrogen (secondary N) is 1. The lowest BCUT2D eigenvalue weighted by Gasteiger charge is -2.15. The maximum Gasteiger partial charge on any atom is 0.238 e. The summed E-state index contributed by atoms with van der Waals surface area (Å²) in [6.07, 6.45) is 0.756. The first-order chi connectivity index (χ1) is 11.9. The standard InChI is InChI=1S/C19H23NO4S/c1-3-13-20-19(21)15(2)25(22,23)14-16-9-7-8-12-18(16)24-17-10-5-4-6-11-17/h4-12,15H,3,13-14H2,1-2H3,(H,20,21). The van der Waals surface area contributed by atoms with E-state index in [-0.39, 0.29) is 5.75 Å². The molecule has 1 atom stereocenters. The van der Waals surface area contributed by atoms with Crippen molar-refractivity contribution >= 4 is 15.7 Å². The number of benzene rings is 2. The van der Waals surface area contributed by atoms with E-state index in [0.717, 1.165) is 6.42 Å². The molecule has 0 aliphatic carbocycles. The highest BCUT2D eigenvalue weighted by molar-refractivity contribution is 7.92. The van der Waals surface area contributed by atoms with E-state index in [4.69, 9.17) is 4.74 Å². The summed E-state index contributed by atoms with van der Waals surface area (Å²) in [6, 6.07) is 16.1. The van der Waals surface area contributed by atoms with Crippen molar-refractivity contribution < 1.29 is 17.9 Å². The average molecular weight is 361 g/mol. The van der Waals surface area contributed by atoms with Crippen LogP contribution in [0, 0.1) is 0 Å². The molecule has 2 aromatic rings. The Morgan fingerprint density at radius 2 is 1.72 bits per heavy atom. The van der Waals surface area contributed by atoms with Gasteiger partial charge in [-0.05, 0) is 31.5 Å². The highest BCUT2D eigenvalue weighted by Crippen LogP contribution is 2.27. The minimum absolute atomic E-state index is 0.253. The molecule has 25 heavy (non-hydrogen) atoms. The molecule has 1 unspecified atom stereocenters. The fourth-order valence-electron chi connectivity index (χ4n) is 2.23. The highest BCUT2D eigenvalue weighted by atomic mass is 32.2. The van der Waals surface area contributed by atoms with E-state index in [1.807, 2.05) is 25.1 Å². The normalized spacial score (nSPS) is 12.4. The lowest BCUT2D eigenvalue weighted by molar-refractivity contribution is -0.120. The van der Waals surface area contributed by atoms with Crippen LogP contribution in [-0.2, 0) is 20.4 Å². The zero-order chi connectivity index (χ0) is 18.3. The van der Waals surface area contributed by atoms with Gasteiger partial charge >= 0.3 is 0 Å². The second kappa shape index (κ2) is 8.67. The number of carbonyl (C=O) groups excluding carboxylic acids is 1. The van der Waals surface area contributed by atoms with Gasteiger partial charge in [0.05, 0.1) is 5.75 Å². The SMILES string of the molecule is CCCNC(=O)C(C)S(=O)(=O)Cc1ccccc1Oc1ccccc1. The fraction of sp³-hybridized carbons (Fsp3) is 0.316. The minimum Gasteiger partial charge on any atom is -0.457 e. The second-order valence-electron chi connectivity index (χ2n) is 5.76. The van der Waals surface area contributed by atoms with Gasteiger partial charge in [-0.15, -0.1) is 0 Å². The monoisotopic (exact) mass is 361 g/mol. The van der Waals surface area contributed by atoms with E-state index < -0.39 is 21.0 Å². The number of hydrogen-bond donors (Lipinski definition) is 1. The third-order valence-electron chi connectivity index (χ3n) is 3.76. The van der Waals surface area contributed by atoms with Crippen LogP contribution in [0.3, 0.4) is 0 Å². The molecule has 0 radical (unpaired) electrons. The van der Waals surface area contributed by atoms with Crippen LogP contribution in [0.4, 0.5) is 0 Å². The van der Waals surface area contributed by atoms with Crippen molar-refractivity contribution in [2.24, 2.45) is 0 Å². The average Bonchev–Trinajstić information content (AvgIpc) is 2.61. The van der Waals surface area contributed by atoms with E-state index in [0.29, 0.717) is 23.6 Å². The number of rotatable bonds is 8. The van der Waals surface area contributed by atoms with E-state index in [9.17, 15) is 13.2 Å². The molecule has 134 valence electrons. The summed E-state index contributed by atoms with van der Waals surface area (Å²) < 4.78 is 31.0. The fourth-order valence-corrected chi connectivity index (χ4v) is 3.57. The summed E-state index contributed by atoms with van der Waals surface area (Å²) in [5.41, 5.74) is 0.529. The summed E-state index contributed by atoms with van der Waals surface area (Å²) in [5, 5.41) is 1.52. The topological polar surface area (TPSA) is 72.5 Å². The van der Waals surface area contributed by atoms with Gasteiger partial charge in [0.25, 0.3) is 0 Å². The molecule has 0 bridgehead atoms. The summed E-state index contributed by atoms with van der Waals surface area (Å²) >= 11 is 0. The van der Waals surface area contributed by atoms with Crippen molar-refractivity contribution in [2.75, 3.05) is 6.54 Å². The quantitative estimate of drug-likeness (QED) is 0.783. The number of carbonyl (C=O) groups is 1. The predicted octanol–water partition coefficient (Wildman–Crippen LogP) is 3.31. The predicted molar refractivity (Wildman–Crippen MR) is 98.3 cm³/mol. The minimum atomic E-state index is -3.65. The first-order valence-corrected chi connectivity index (χ1v) is 9.95. The summed E-state index contributed by atoms with van der Waals surface area (Å²) in [4.78, 5) is 12.0. The van der Waals surface area contributed by atoms with E-state index >= 15 is 0 Å². The maximum absolute atomic E-state index is 12.6. The summed E-state index contributed by atoms with van der Waals surface area (Å²) in [5.74, 6) is 0.374. The van der Waals surface area contributed by atoms with Crippen molar-refractivity contribution in [3.8, 4) is 11.5 Å². The van der Waals surface area contributed by atoms with Gasteiger partial charge in [-0.1, -0.05) is 43.3 Å². The lowest BCUT2D eigenvalue weighted by Crippen LogP contribution is -2.38. The maximum atomic E-state index is 12.6. The Bertz CT molecular complexity index is 803. The highest BCUT2D eigenvalue weighted by Gasteiger charge is 2.28. The molecule has 0 saturated heterocycles.